The van der Waals surface area contributed by atoms with Crippen molar-refractivity contribution >= 4 is 14.5 Å². The van der Waals surface area contributed by atoms with E-state index in [1.54, 1.807) is 12.1 Å². The molecule has 0 amide bonds. The summed E-state index contributed by atoms with van der Waals surface area (Å²) in [4.78, 5) is 0. The van der Waals surface area contributed by atoms with Crippen molar-refractivity contribution in [3.8, 4) is 5.75 Å². The Morgan fingerprint density at radius 1 is 1.50 bits per heavy atom. The van der Waals surface area contributed by atoms with Crippen LogP contribution < -0.4 is 10.0 Å². The Bertz CT molecular complexity index is 237. The van der Waals surface area contributed by atoms with E-state index < -0.39 is 0 Å². The van der Waals surface area contributed by atoms with E-state index in [0.29, 0.717) is 0 Å². The standard InChI is InChI=1S/C7H8FOP/c1-9-7-4-5(10)2-3-6(7)8/h2-4H,10H2,1H3. The van der Waals surface area contributed by atoms with Gasteiger partial charge in [-0.2, -0.15) is 0 Å². The van der Waals surface area contributed by atoms with Gasteiger partial charge in [0.25, 0.3) is 0 Å². The lowest BCUT2D eigenvalue weighted by Gasteiger charge is -2.00. The summed E-state index contributed by atoms with van der Waals surface area (Å²) >= 11 is 0. The van der Waals surface area contributed by atoms with Gasteiger partial charge in [-0.25, -0.2) is 4.39 Å². The van der Waals surface area contributed by atoms with E-state index in [-0.39, 0.29) is 11.6 Å². The van der Waals surface area contributed by atoms with Crippen LogP contribution in [0.25, 0.3) is 0 Å². The quantitative estimate of drug-likeness (QED) is 0.560. The lowest BCUT2D eigenvalue weighted by atomic mass is 10.3. The molecule has 3 heteroatoms. The normalized spacial score (nSPS) is 9.50. The van der Waals surface area contributed by atoms with Gasteiger partial charge in [-0.15, -0.1) is 9.24 Å². The maximum Gasteiger partial charge on any atom is 0.165 e. The summed E-state index contributed by atoms with van der Waals surface area (Å²) in [6.07, 6.45) is 0. The SMILES string of the molecule is COc1cc(P)ccc1F. The first-order valence-electron chi connectivity index (χ1n) is 2.83. The lowest BCUT2D eigenvalue weighted by Crippen LogP contribution is -1.94. The highest BCUT2D eigenvalue weighted by Crippen LogP contribution is 2.13. The number of ether oxygens (including phenoxy) is 1. The van der Waals surface area contributed by atoms with Gasteiger partial charge in [0.2, 0.25) is 0 Å². The highest BCUT2D eigenvalue weighted by atomic mass is 31.0. The Labute approximate surface area is 61.4 Å². The number of hydrogen-bond donors (Lipinski definition) is 0. The molecule has 1 aromatic rings. The molecule has 0 N–H and O–H groups in total. The van der Waals surface area contributed by atoms with Crippen molar-refractivity contribution in [3.63, 3.8) is 0 Å². The van der Waals surface area contributed by atoms with Crippen molar-refractivity contribution in [1.82, 2.24) is 0 Å². The van der Waals surface area contributed by atoms with Crippen LogP contribution in [0.1, 0.15) is 0 Å². The van der Waals surface area contributed by atoms with Gasteiger partial charge in [0.15, 0.2) is 11.6 Å². The highest BCUT2D eigenvalue weighted by molar-refractivity contribution is 7.27. The molecule has 1 unspecified atom stereocenters. The predicted molar refractivity (Wildman–Crippen MR) is 42.3 cm³/mol. The Hall–Kier alpha value is -0.620. The van der Waals surface area contributed by atoms with Crippen LogP contribution in [0.4, 0.5) is 4.39 Å². The summed E-state index contributed by atoms with van der Waals surface area (Å²) < 4.78 is 17.4. The number of benzene rings is 1. The van der Waals surface area contributed by atoms with Gasteiger partial charge in [0, 0.05) is 0 Å². The second kappa shape index (κ2) is 2.98. The molecule has 0 spiro atoms. The smallest absolute Gasteiger partial charge is 0.165 e. The summed E-state index contributed by atoms with van der Waals surface area (Å²) in [6, 6.07) is 4.67. The van der Waals surface area contributed by atoms with Crippen LogP contribution >= 0.6 is 9.24 Å². The zero-order valence-electron chi connectivity index (χ0n) is 5.60. The molecule has 1 rings (SSSR count). The first-order valence-corrected chi connectivity index (χ1v) is 3.41. The van der Waals surface area contributed by atoms with Crippen molar-refractivity contribution in [3.05, 3.63) is 24.0 Å². The molecule has 1 nitrogen and oxygen atoms in total. The van der Waals surface area contributed by atoms with Gasteiger partial charge in [0.05, 0.1) is 7.11 Å². The highest BCUT2D eigenvalue weighted by Gasteiger charge is 1.99. The summed E-state index contributed by atoms with van der Waals surface area (Å²) in [5.74, 6) is -0.0406. The minimum Gasteiger partial charge on any atom is -0.494 e. The molecule has 0 radical (unpaired) electrons. The van der Waals surface area contributed by atoms with E-state index in [4.69, 9.17) is 4.74 Å². The molecular weight excluding hydrogens is 150 g/mol. The van der Waals surface area contributed by atoms with E-state index >= 15 is 0 Å². The molecule has 0 aliphatic rings. The third kappa shape index (κ3) is 1.45. The molecule has 0 heterocycles. The number of hydrogen-bond acceptors (Lipinski definition) is 1. The average molecular weight is 158 g/mol. The molecule has 0 aromatic heterocycles. The van der Waals surface area contributed by atoms with Gasteiger partial charge >= 0.3 is 0 Å². The largest absolute Gasteiger partial charge is 0.494 e. The zero-order valence-corrected chi connectivity index (χ0v) is 6.75. The summed E-state index contributed by atoms with van der Waals surface area (Å²) in [5, 5.41) is 0.915. The zero-order chi connectivity index (χ0) is 7.56. The number of rotatable bonds is 1. The molecule has 0 bridgehead atoms. The van der Waals surface area contributed by atoms with E-state index in [0.717, 1.165) is 5.30 Å². The van der Waals surface area contributed by atoms with Crippen LogP contribution in [0, 0.1) is 5.82 Å². The molecule has 0 aliphatic heterocycles. The van der Waals surface area contributed by atoms with E-state index in [1.165, 1.54) is 13.2 Å². The summed E-state index contributed by atoms with van der Waals surface area (Å²) in [7, 11) is 3.92. The van der Waals surface area contributed by atoms with Gasteiger partial charge in [-0.3, -0.25) is 0 Å². The van der Waals surface area contributed by atoms with Crippen molar-refractivity contribution in [1.29, 1.82) is 0 Å². The molecule has 0 fully saturated rings. The molecule has 1 atom stereocenters. The second-order valence-electron chi connectivity index (χ2n) is 1.89. The molecule has 0 saturated carbocycles. The summed E-state index contributed by atoms with van der Waals surface area (Å²) in [6.45, 7) is 0. The third-order valence-electron chi connectivity index (χ3n) is 1.18. The molecule has 10 heavy (non-hydrogen) atoms. The van der Waals surface area contributed by atoms with Crippen molar-refractivity contribution in [2.24, 2.45) is 0 Å². The second-order valence-corrected chi connectivity index (χ2v) is 2.56. The minimum atomic E-state index is -0.325. The number of halogens is 1. The minimum absolute atomic E-state index is 0.285. The van der Waals surface area contributed by atoms with E-state index in [9.17, 15) is 4.39 Å². The Morgan fingerprint density at radius 3 is 2.70 bits per heavy atom. The van der Waals surface area contributed by atoms with Crippen molar-refractivity contribution < 1.29 is 9.13 Å². The Balaban J connectivity index is 3.09. The van der Waals surface area contributed by atoms with Gasteiger partial charge in [0.1, 0.15) is 0 Å². The maximum absolute atomic E-state index is 12.6. The third-order valence-corrected chi connectivity index (χ3v) is 1.53. The lowest BCUT2D eigenvalue weighted by molar-refractivity contribution is 0.387. The molecule has 0 saturated heterocycles. The maximum atomic E-state index is 12.6. The van der Waals surface area contributed by atoms with Gasteiger partial charge < -0.3 is 4.74 Å². The molecule has 54 valence electrons. The van der Waals surface area contributed by atoms with Crippen LogP contribution in [-0.4, -0.2) is 7.11 Å². The van der Waals surface area contributed by atoms with Crippen LogP contribution in [0.3, 0.4) is 0 Å². The molecule has 1 aromatic carbocycles. The molecule has 0 aliphatic carbocycles. The fraction of sp³-hybridized carbons (Fsp3) is 0.143. The Morgan fingerprint density at radius 2 is 2.20 bits per heavy atom. The van der Waals surface area contributed by atoms with E-state index in [2.05, 4.69) is 9.24 Å². The number of methoxy groups -OCH3 is 1. The monoisotopic (exact) mass is 158 g/mol. The fourth-order valence-electron chi connectivity index (χ4n) is 0.676. The van der Waals surface area contributed by atoms with Crippen LogP contribution in [-0.2, 0) is 0 Å². The molecular formula is C7H8FOP. The van der Waals surface area contributed by atoms with Gasteiger partial charge in [-0.1, -0.05) is 6.07 Å². The van der Waals surface area contributed by atoms with Crippen molar-refractivity contribution in [2.75, 3.05) is 7.11 Å². The summed E-state index contributed by atoms with van der Waals surface area (Å²) in [5.41, 5.74) is 0. The topological polar surface area (TPSA) is 9.23 Å². The Kier molecular flexibility index (Phi) is 2.23. The van der Waals surface area contributed by atoms with Gasteiger partial charge in [-0.05, 0) is 17.4 Å². The fourth-order valence-corrected chi connectivity index (χ4v) is 0.924. The van der Waals surface area contributed by atoms with Crippen LogP contribution in [0.15, 0.2) is 18.2 Å². The van der Waals surface area contributed by atoms with Crippen LogP contribution in [0.2, 0.25) is 0 Å². The average Bonchev–Trinajstić information content (AvgIpc) is 1.94. The first kappa shape index (κ1) is 7.49. The van der Waals surface area contributed by atoms with Crippen molar-refractivity contribution in [2.45, 2.75) is 0 Å². The van der Waals surface area contributed by atoms with Crippen LogP contribution in [0.5, 0.6) is 5.75 Å². The predicted octanol–water partition coefficient (Wildman–Crippen LogP) is 1.33. The van der Waals surface area contributed by atoms with E-state index in [1.807, 2.05) is 0 Å². The first-order chi connectivity index (χ1) is 4.74.